The van der Waals surface area contributed by atoms with Crippen LogP contribution in [-0.4, -0.2) is 58.2 Å². The molecule has 0 radical (unpaired) electrons. The highest BCUT2D eigenvalue weighted by Gasteiger charge is 2.46. The molecule has 178 valence electrons. The first kappa shape index (κ1) is 22.0. The van der Waals surface area contributed by atoms with Crippen LogP contribution >= 0.6 is 0 Å². The summed E-state index contributed by atoms with van der Waals surface area (Å²) in [4.78, 5) is 26.4. The lowest BCUT2D eigenvalue weighted by molar-refractivity contribution is -0.135. The van der Waals surface area contributed by atoms with E-state index >= 15 is 0 Å². The Morgan fingerprint density at radius 1 is 1.23 bits per heavy atom. The number of benzene rings is 1. The molecule has 6 rings (SSSR count). The van der Waals surface area contributed by atoms with Gasteiger partial charge in [-0.15, -0.1) is 0 Å². The van der Waals surface area contributed by atoms with E-state index in [1.54, 1.807) is 0 Å². The van der Waals surface area contributed by atoms with E-state index in [2.05, 4.69) is 35.0 Å². The van der Waals surface area contributed by atoms with Gasteiger partial charge in [0.25, 0.3) is 0 Å². The number of hydrogen-bond acceptors (Lipinski definition) is 6. The Morgan fingerprint density at radius 3 is 2.80 bits per heavy atom. The van der Waals surface area contributed by atoms with Gasteiger partial charge in [-0.1, -0.05) is 18.2 Å². The largest absolute Gasteiger partial charge is 0.396 e. The summed E-state index contributed by atoms with van der Waals surface area (Å²) in [6.45, 7) is 4.06. The van der Waals surface area contributed by atoms with Crippen LogP contribution in [0.25, 0.3) is 21.9 Å². The zero-order valence-electron chi connectivity index (χ0n) is 19.9. The molecule has 0 spiro atoms. The molecular formula is C28H29N5O2. The lowest BCUT2D eigenvalue weighted by Crippen LogP contribution is -2.55. The molecule has 1 unspecified atom stereocenters. The monoisotopic (exact) mass is 467 g/mol. The molecule has 2 aliphatic carbocycles. The topological polar surface area (TPSA) is 93.4 Å². The van der Waals surface area contributed by atoms with Crippen molar-refractivity contribution in [2.45, 2.75) is 38.1 Å². The van der Waals surface area contributed by atoms with Gasteiger partial charge in [-0.05, 0) is 55.2 Å². The van der Waals surface area contributed by atoms with Gasteiger partial charge in [0.1, 0.15) is 11.9 Å². The molecule has 1 aromatic carbocycles. The zero-order chi connectivity index (χ0) is 24.1. The van der Waals surface area contributed by atoms with E-state index in [4.69, 9.17) is 4.98 Å². The number of aliphatic hydroxyl groups excluding tert-OH is 1. The molecule has 7 nitrogen and oxygen atoms in total. The maximum absolute atomic E-state index is 12.9. The van der Waals surface area contributed by atoms with Crippen LogP contribution in [-0.2, 0) is 4.79 Å². The van der Waals surface area contributed by atoms with Crippen LogP contribution in [0.3, 0.4) is 0 Å². The van der Waals surface area contributed by atoms with Crippen molar-refractivity contribution in [1.29, 1.82) is 5.26 Å². The second kappa shape index (κ2) is 8.62. The second-order valence-electron chi connectivity index (χ2n) is 10.2. The predicted octanol–water partition coefficient (Wildman–Crippen LogP) is 3.71. The smallest absolute Gasteiger partial charge is 0.226 e. The number of anilines is 1. The van der Waals surface area contributed by atoms with Crippen molar-refractivity contribution in [3.63, 3.8) is 0 Å². The van der Waals surface area contributed by atoms with E-state index in [-0.39, 0.29) is 30.4 Å². The summed E-state index contributed by atoms with van der Waals surface area (Å²) in [5.41, 5.74) is 3.77. The Hall–Kier alpha value is -3.50. The van der Waals surface area contributed by atoms with Gasteiger partial charge in [0.2, 0.25) is 5.91 Å². The molecule has 0 bridgehead atoms. The van der Waals surface area contributed by atoms with Crippen molar-refractivity contribution in [2.24, 2.45) is 11.8 Å². The number of nitriles is 1. The average molecular weight is 468 g/mol. The van der Waals surface area contributed by atoms with E-state index in [1.165, 1.54) is 0 Å². The van der Waals surface area contributed by atoms with E-state index < -0.39 is 0 Å². The summed E-state index contributed by atoms with van der Waals surface area (Å²) in [6.07, 6.45) is 6.70. The fourth-order valence-electron chi connectivity index (χ4n) is 5.52. The number of pyridine rings is 2. The molecule has 1 aliphatic heterocycles. The summed E-state index contributed by atoms with van der Waals surface area (Å²) in [7, 11) is 0. The van der Waals surface area contributed by atoms with Crippen molar-refractivity contribution < 1.29 is 9.90 Å². The molecule has 3 aromatic rings. The van der Waals surface area contributed by atoms with Gasteiger partial charge in [-0.25, -0.2) is 4.98 Å². The fraction of sp³-hybridized carbons (Fsp3) is 0.429. The van der Waals surface area contributed by atoms with Crippen molar-refractivity contribution in [3.05, 3.63) is 54.0 Å². The van der Waals surface area contributed by atoms with Gasteiger partial charge in [0.15, 0.2) is 0 Å². The minimum absolute atomic E-state index is 0.0270. The molecule has 3 aliphatic rings. The van der Waals surface area contributed by atoms with Crippen LogP contribution in [0, 0.1) is 23.2 Å². The Labute approximate surface area is 205 Å². The molecule has 7 heteroatoms. The average Bonchev–Trinajstić information content (AvgIpc) is 3.81. The van der Waals surface area contributed by atoms with E-state index in [1.807, 2.05) is 35.5 Å². The number of nitrogens with zero attached hydrogens (tertiary/aromatic N) is 5. The number of aliphatic hydroxyl groups is 1. The molecule has 3 fully saturated rings. The Bertz CT molecular complexity index is 1340. The molecule has 35 heavy (non-hydrogen) atoms. The maximum Gasteiger partial charge on any atom is 0.226 e. The number of carbonyl (C=O) groups is 1. The summed E-state index contributed by atoms with van der Waals surface area (Å²) in [5.74, 6) is 1.40. The van der Waals surface area contributed by atoms with E-state index in [9.17, 15) is 15.2 Å². The number of hydrogen-bond donors (Lipinski definition) is 1. The number of carbonyl (C=O) groups excluding carboxylic acids is 1. The predicted molar refractivity (Wildman–Crippen MR) is 134 cm³/mol. The third-order valence-corrected chi connectivity index (χ3v) is 7.77. The SMILES string of the molecule is CC1CN(c2nc(C3CC3)c(-c3cccc4cnccc34)cc2C#N)CCN1C(=O)[C@@H]1C[C@H]1CO. The highest BCUT2D eigenvalue weighted by Crippen LogP contribution is 2.46. The zero-order valence-corrected chi connectivity index (χ0v) is 19.9. The van der Waals surface area contributed by atoms with E-state index in [0.29, 0.717) is 31.1 Å². The van der Waals surface area contributed by atoms with Gasteiger partial charge >= 0.3 is 0 Å². The highest BCUT2D eigenvalue weighted by molar-refractivity contribution is 5.97. The minimum Gasteiger partial charge on any atom is -0.396 e. The molecular weight excluding hydrogens is 438 g/mol. The summed E-state index contributed by atoms with van der Waals surface area (Å²) < 4.78 is 0. The van der Waals surface area contributed by atoms with Crippen LogP contribution in [0.4, 0.5) is 5.82 Å². The molecule has 3 atom stereocenters. The quantitative estimate of drug-likeness (QED) is 0.615. The molecule has 2 saturated carbocycles. The standard InChI is InChI=1S/C28H29N5O2/c1-17-15-32(9-10-33(17)28(35)24-12-21(24)16-34)27-20(13-29)11-25(26(31-27)18-5-6-18)23-4-2-3-19-14-30-8-7-22(19)23/h2-4,7-8,11,14,17-18,21,24,34H,5-6,9-10,12,15-16H2,1H3/t17?,21-,24+/m0/s1. The van der Waals surface area contributed by atoms with Gasteiger partial charge in [-0.3, -0.25) is 9.78 Å². The lowest BCUT2D eigenvalue weighted by atomic mass is 9.95. The summed E-state index contributed by atoms with van der Waals surface area (Å²) >= 11 is 0. The molecule has 2 aromatic heterocycles. The first-order valence-corrected chi connectivity index (χ1v) is 12.5. The van der Waals surface area contributed by atoms with Gasteiger partial charge < -0.3 is 14.9 Å². The summed E-state index contributed by atoms with van der Waals surface area (Å²) in [6, 6.07) is 12.7. The maximum atomic E-state index is 12.9. The third kappa shape index (κ3) is 3.92. The first-order chi connectivity index (χ1) is 17.1. The summed E-state index contributed by atoms with van der Waals surface area (Å²) in [5, 5.41) is 21.7. The van der Waals surface area contributed by atoms with Gasteiger partial charge in [-0.2, -0.15) is 5.26 Å². The minimum atomic E-state index is -0.0292. The second-order valence-corrected chi connectivity index (χ2v) is 10.2. The normalized spacial score (nSPS) is 23.9. The van der Waals surface area contributed by atoms with Crippen molar-refractivity contribution >= 4 is 22.5 Å². The highest BCUT2D eigenvalue weighted by atomic mass is 16.3. The third-order valence-electron chi connectivity index (χ3n) is 7.77. The first-order valence-electron chi connectivity index (χ1n) is 12.5. The van der Waals surface area contributed by atoms with Crippen molar-refractivity contribution in [2.75, 3.05) is 31.1 Å². The van der Waals surface area contributed by atoms with Crippen molar-refractivity contribution in [3.8, 4) is 17.2 Å². The Kier molecular flexibility index (Phi) is 5.42. The van der Waals surface area contributed by atoms with Gasteiger partial charge in [0, 0.05) is 67.5 Å². The van der Waals surface area contributed by atoms with E-state index in [0.717, 1.165) is 52.7 Å². The number of fused-ring (bicyclic) bond motifs is 1. The lowest BCUT2D eigenvalue weighted by Gasteiger charge is -2.41. The van der Waals surface area contributed by atoms with Gasteiger partial charge in [0.05, 0.1) is 11.3 Å². The number of aromatic nitrogens is 2. The molecule has 1 N–H and O–H groups in total. The number of amides is 1. The van der Waals surface area contributed by atoms with Crippen LogP contribution in [0.2, 0.25) is 0 Å². The van der Waals surface area contributed by atoms with Crippen LogP contribution in [0.5, 0.6) is 0 Å². The van der Waals surface area contributed by atoms with Crippen LogP contribution < -0.4 is 4.90 Å². The van der Waals surface area contributed by atoms with Crippen molar-refractivity contribution in [1.82, 2.24) is 14.9 Å². The van der Waals surface area contributed by atoms with Crippen LogP contribution in [0.1, 0.15) is 43.4 Å². The Morgan fingerprint density at radius 2 is 2.09 bits per heavy atom. The molecule has 1 saturated heterocycles. The number of rotatable bonds is 5. The molecule has 3 heterocycles. The fourth-order valence-corrected chi connectivity index (χ4v) is 5.52. The van der Waals surface area contributed by atoms with Crippen LogP contribution in [0.15, 0.2) is 42.7 Å². The number of piperazine rings is 1. The Balaban J connectivity index is 1.34. The molecule has 1 amide bonds.